The lowest BCUT2D eigenvalue weighted by atomic mass is 10.2. The number of nitrogens with zero attached hydrogens (tertiary/aromatic N) is 2. The first-order valence-electron chi connectivity index (χ1n) is 8.74. The van der Waals surface area contributed by atoms with Crippen molar-refractivity contribution in [1.82, 2.24) is 4.90 Å². The van der Waals surface area contributed by atoms with Gasteiger partial charge in [0.15, 0.2) is 0 Å². The number of anilines is 1. The van der Waals surface area contributed by atoms with Gasteiger partial charge in [0.1, 0.15) is 24.2 Å². The Labute approximate surface area is 149 Å². The Morgan fingerprint density at radius 3 is 2.44 bits per heavy atom. The van der Waals surface area contributed by atoms with Crippen molar-refractivity contribution in [3.63, 3.8) is 0 Å². The Morgan fingerprint density at radius 2 is 1.76 bits per heavy atom. The van der Waals surface area contributed by atoms with Crippen LogP contribution in [-0.2, 0) is 0 Å². The Kier molecular flexibility index (Phi) is 5.79. The third kappa shape index (κ3) is 5.11. The van der Waals surface area contributed by atoms with Gasteiger partial charge in [0, 0.05) is 38.4 Å². The molecule has 0 radical (unpaired) electrons. The van der Waals surface area contributed by atoms with Gasteiger partial charge >= 0.3 is 0 Å². The number of aryl methyl sites for hydroxylation is 1. The minimum atomic E-state index is -0.528. The number of rotatable bonds is 6. The van der Waals surface area contributed by atoms with E-state index in [1.54, 1.807) is 24.3 Å². The SMILES string of the molecule is Cc1cccc(N2CCN(CC(O)COc3ccc(O)cc3)CC2)c1. The van der Waals surface area contributed by atoms with Crippen LogP contribution in [0.2, 0.25) is 0 Å². The second-order valence-corrected chi connectivity index (χ2v) is 6.59. The summed E-state index contributed by atoms with van der Waals surface area (Å²) in [5, 5.41) is 19.5. The van der Waals surface area contributed by atoms with Crippen LogP contribution in [0.5, 0.6) is 11.5 Å². The Hall–Kier alpha value is -2.24. The average molecular weight is 342 g/mol. The van der Waals surface area contributed by atoms with Crippen LogP contribution in [0.25, 0.3) is 0 Å². The lowest BCUT2D eigenvalue weighted by molar-refractivity contribution is 0.0663. The van der Waals surface area contributed by atoms with Crippen molar-refractivity contribution in [3.05, 3.63) is 54.1 Å². The van der Waals surface area contributed by atoms with Crippen LogP contribution in [0.1, 0.15) is 5.56 Å². The first kappa shape index (κ1) is 17.6. The van der Waals surface area contributed by atoms with Crippen LogP contribution in [0.4, 0.5) is 5.69 Å². The minimum Gasteiger partial charge on any atom is -0.508 e. The van der Waals surface area contributed by atoms with E-state index in [0.717, 1.165) is 26.2 Å². The van der Waals surface area contributed by atoms with Crippen molar-refractivity contribution in [2.75, 3.05) is 44.2 Å². The average Bonchev–Trinajstić information content (AvgIpc) is 2.62. The summed E-state index contributed by atoms with van der Waals surface area (Å²) >= 11 is 0. The Morgan fingerprint density at radius 1 is 1.04 bits per heavy atom. The molecule has 0 spiro atoms. The first-order chi connectivity index (χ1) is 12.1. The molecule has 2 aromatic carbocycles. The van der Waals surface area contributed by atoms with Crippen molar-refractivity contribution in [3.8, 4) is 11.5 Å². The highest BCUT2D eigenvalue weighted by atomic mass is 16.5. The van der Waals surface area contributed by atoms with Crippen molar-refractivity contribution >= 4 is 5.69 Å². The van der Waals surface area contributed by atoms with Crippen LogP contribution in [0.3, 0.4) is 0 Å². The summed E-state index contributed by atoms with van der Waals surface area (Å²) in [4.78, 5) is 4.67. The molecule has 25 heavy (non-hydrogen) atoms. The highest BCUT2D eigenvalue weighted by Gasteiger charge is 2.19. The molecular weight excluding hydrogens is 316 g/mol. The summed E-state index contributed by atoms with van der Waals surface area (Å²) in [6.45, 7) is 6.78. The smallest absolute Gasteiger partial charge is 0.119 e. The van der Waals surface area contributed by atoms with Crippen molar-refractivity contribution in [2.24, 2.45) is 0 Å². The van der Waals surface area contributed by atoms with Crippen molar-refractivity contribution in [2.45, 2.75) is 13.0 Å². The summed E-state index contributed by atoms with van der Waals surface area (Å²) in [5.41, 5.74) is 2.55. The zero-order valence-electron chi connectivity index (χ0n) is 14.6. The maximum absolute atomic E-state index is 10.2. The molecular formula is C20H26N2O3. The molecule has 1 aliphatic heterocycles. The van der Waals surface area contributed by atoms with Gasteiger partial charge in [0.2, 0.25) is 0 Å². The Balaban J connectivity index is 1.41. The van der Waals surface area contributed by atoms with Crippen LogP contribution >= 0.6 is 0 Å². The van der Waals surface area contributed by atoms with Gasteiger partial charge in [-0.15, -0.1) is 0 Å². The van der Waals surface area contributed by atoms with E-state index in [4.69, 9.17) is 4.74 Å². The molecule has 0 aromatic heterocycles. The fourth-order valence-electron chi connectivity index (χ4n) is 3.10. The summed E-state index contributed by atoms with van der Waals surface area (Å²) in [6, 6.07) is 15.1. The van der Waals surface area contributed by atoms with E-state index in [9.17, 15) is 10.2 Å². The molecule has 1 unspecified atom stereocenters. The number of hydrogen-bond donors (Lipinski definition) is 2. The number of ether oxygens (including phenoxy) is 1. The van der Waals surface area contributed by atoms with Gasteiger partial charge in [0.05, 0.1) is 0 Å². The highest BCUT2D eigenvalue weighted by Crippen LogP contribution is 2.18. The number of phenols is 1. The Bertz CT molecular complexity index is 667. The molecule has 1 heterocycles. The molecule has 5 heteroatoms. The van der Waals surface area contributed by atoms with E-state index >= 15 is 0 Å². The van der Waals surface area contributed by atoms with Crippen molar-refractivity contribution in [1.29, 1.82) is 0 Å². The summed E-state index contributed by atoms with van der Waals surface area (Å²) in [5.74, 6) is 0.862. The topological polar surface area (TPSA) is 56.2 Å². The monoisotopic (exact) mass is 342 g/mol. The van der Waals surface area contributed by atoms with Gasteiger partial charge in [0.25, 0.3) is 0 Å². The van der Waals surface area contributed by atoms with E-state index in [1.807, 2.05) is 0 Å². The number of aromatic hydroxyl groups is 1. The number of aliphatic hydroxyl groups excluding tert-OH is 1. The quantitative estimate of drug-likeness (QED) is 0.843. The van der Waals surface area contributed by atoms with E-state index in [2.05, 4.69) is 41.0 Å². The van der Waals surface area contributed by atoms with Gasteiger partial charge in [-0.1, -0.05) is 12.1 Å². The third-order valence-corrected chi connectivity index (χ3v) is 4.49. The molecule has 0 bridgehead atoms. The van der Waals surface area contributed by atoms with E-state index < -0.39 is 6.10 Å². The molecule has 0 amide bonds. The number of hydrogen-bond acceptors (Lipinski definition) is 5. The number of β-amino-alcohol motifs (C(OH)–C–C–N with tert-alkyl or cyclic N) is 1. The van der Waals surface area contributed by atoms with Crippen LogP contribution in [-0.4, -0.2) is 60.5 Å². The van der Waals surface area contributed by atoms with Crippen LogP contribution in [0.15, 0.2) is 48.5 Å². The predicted molar refractivity (Wildman–Crippen MR) is 99.4 cm³/mol. The summed E-state index contributed by atoms with van der Waals surface area (Å²) in [7, 11) is 0. The van der Waals surface area contributed by atoms with E-state index in [-0.39, 0.29) is 12.4 Å². The molecule has 1 fully saturated rings. The molecule has 1 aliphatic rings. The fraction of sp³-hybridized carbons (Fsp3) is 0.400. The zero-order chi connectivity index (χ0) is 17.6. The molecule has 2 N–H and O–H groups in total. The predicted octanol–water partition coefficient (Wildman–Crippen LogP) is 2.26. The van der Waals surface area contributed by atoms with E-state index in [1.165, 1.54) is 11.3 Å². The van der Waals surface area contributed by atoms with E-state index in [0.29, 0.717) is 12.3 Å². The van der Waals surface area contributed by atoms with Gasteiger partial charge in [-0.2, -0.15) is 0 Å². The number of phenolic OH excluding ortho intramolecular Hbond substituents is 1. The highest BCUT2D eigenvalue weighted by molar-refractivity contribution is 5.48. The largest absolute Gasteiger partial charge is 0.508 e. The first-order valence-corrected chi connectivity index (χ1v) is 8.74. The maximum Gasteiger partial charge on any atom is 0.119 e. The zero-order valence-corrected chi connectivity index (χ0v) is 14.6. The fourth-order valence-corrected chi connectivity index (χ4v) is 3.10. The van der Waals surface area contributed by atoms with Crippen LogP contribution in [0, 0.1) is 6.92 Å². The van der Waals surface area contributed by atoms with Crippen LogP contribution < -0.4 is 9.64 Å². The molecule has 1 atom stereocenters. The van der Waals surface area contributed by atoms with Crippen molar-refractivity contribution < 1.29 is 14.9 Å². The molecule has 3 rings (SSSR count). The minimum absolute atomic E-state index is 0.208. The lowest BCUT2D eigenvalue weighted by Crippen LogP contribution is -2.49. The van der Waals surface area contributed by atoms with Gasteiger partial charge < -0.3 is 19.8 Å². The summed E-state index contributed by atoms with van der Waals surface area (Å²) < 4.78 is 5.57. The normalized spacial score (nSPS) is 16.6. The summed E-state index contributed by atoms with van der Waals surface area (Å²) in [6.07, 6.45) is -0.528. The second kappa shape index (κ2) is 8.23. The lowest BCUT2D eigenvalue weighted by Gasteiger charge is -2.37. The molecule has 134 valence electrons. The maximum atomic E-state index is 10.2. The number of aliphatic hydroxyl groups is 1. The van der Waals surface area contributed by atoms with Gasteiger partial charge in [-0.05, 0) is 48.9 Å². The van der Waals surface area contributed by atoms with Gasteiger partial charge in [-0.3, -0.25) is 4.90 Å². The number of benzene rings is 2. The molecule has 0 aliphatic carbocycles. The van der Waals surface area contributed by atoms with Gasteiger partial charge in [-0.25, -0.2) is 0 Å². The molecule has 2 aromatic rings. The standard InChI is InChI=1S/C20H26N2O3/c1-16-3-2-4-17(13-16)22-11-9-21(10-12-22)14-19(24)15-25-20-7-5-18(23)6-8-20/h2-8,13,19,23-24H,9-12,14-15H2,1H3. The molecule has 1 saturated heterocycles. The number of piperazine rings is 1. The third-order valence-electron chi connectivity index (χ3n) is 4.49. The second-order valence-electron chi connectivity index (χ2n) is 6.59. The molecule has 5 nitrogen and oxygen atoms in total. The molecule has 0 saturated carbocycles.